The average molecular weight is 278 g/mol. The maximum absolute atomic E-state index is 13.9. The molecule has 0 aliphatic heterocycles. The molecule has 0 fully saturated rings. The summed E-state index contributed by atoms with van der Waals surface area (Å²) in [6.07, 6.45) is 0. The first kappa shape index (κ1) is 14.0. The van der Waals surface area contributed by atoms with E-state index in [4.69, 9.17) is 9.47 Å². The second-order valence-corrected chi connectivity index (χ2v) is 3.99. The molecule has 0 saturated carbocycles. The summed E-state index contributed by atoms with van der Waals surface area (Å²) >= 11 is 0. The summed E-state index contributed by atoms with van der Waals surface area (Å²) in [4.78, 5) is 12.4. The van der Waals surface area contributed by atoms with Crippen molar-refractivity contribution in [1.82, 2.24) is 0 Å². The number of ether oxygens (including phenoxy) is 2. The summed E-state index contributed by atoms with van der Waals surface area (Å²) in [6.45, 7) is 0. The number of ketones is 1. The van der Waals surface area contributed by atoms with Crippen molar-refractivity contribution in [2.24, 2.45) is 0 Å². The molecule has 0 N–H and O–H groups in total. The van der Waals surface area contributed by atoms with Crippen molar-refractivity contribution < 1.29 is 23.0 Å². The van der Waals surface area contributed by atoms with Crippen LogP contribution < -0.4 is 9.47 Å². The summed E-state index contributed by atoms with van der Waals surface area (Å²) in [6, 6.07) is 7.51. The Kier molecular flexibility index (Phi) is 3.98. The molecular formula is C15H12F2O3. The van der Waals surface area contributed by atoms with Gasteiger partial charge in [0.25, 0.3) is 0 Å². The van der Waals surface area contributed by atoms with Crippen molar-refractivity contribution in [2.45, 2.75) is 0 Å². The smallest absolute Gasteiger partial charge is 0.203 e. The Morgan fingerprint density at radius 1 is 1.00 bits per heavy atom. The van der Waals surface area contributed by atoms with Gasteiger partial charge in [0.1, 0.15) is 28.7 Å². The molecule has 0 amide bonds. The minimum Gasteiger partial charge on any atom is -0.496 e. The van der Waals surface area contributed by atoms with Crippen LogP contribution in [0.4, 0.5) is 8.78 Å². The second-order valence-electron chi connectivity index (χ2n) is 3.99. The summed E-state index contributed by atoms with van der Waals surface area (Å²) in [7, 11) is 2.68. The van der Waals surface area contributed by atoms with Gasteiger partial charge in [-0.2, -0.15) is 0 Å². The van der Waals surface area contributed by atoms with Crippen LogP contribution in [-0.2, 0) is 0 Å². The van der Waals surface area contributed by atoms with E-state index in [0.29, 0.717) is 0 Å². The Morgan fingerprint density at radius 2 is 1.70 bits per heavy atom. The third-order valence-electron chi connectivity index (χ3n) is 2.83. The van der Waals surface area contributed by atoms with Crippen molar-refractivity contribution in [3.8, 4) is 11.5 Å². The normalized spacial score (nSPS) is 10.2. The molecule has 5 heteroatoms. The molecule has 20 heavy (non-hydrogen) atoms. The van der Waals surface area contributed by atoms with E-state index in [9.17, 15) is 13.6 Å². The number of halogens is 2. The first-order valence-corrected chi connectivity index (χ1v) is 5.79. The second kappa shape index (κ2) is 5.69. The number of benzene rings is 2. The molecule has 0 aromatic heterocycles. The van der Waals surface area contributed by atoms with Crippen LogP contribution >= 0.6 is 0 Å². The van der Waals surface area contributed by atoms with Gasteiger partial charge in [-0.1, -0.05) is 6.07 Å². The fourth-order valence-corrected chi connectivity index (χ4v) is 1.89. The molecule has 2 aromatic carbocycles. The molecule has 0 bridgehead atoms. The van der Waals surface area contributed by atoms with E-state index in [-0.39, 0.29) is 22.6 Å². The van der Waals surface area contributed by atoms with E-state index in [1.54, 1.807) is 0 Å². The molecule has 3 nitrogen and oxygen atoms in total. The van der Waals surface area contributed by atoms with E-state index in [1.165, 1.54) is 32.4 Å². The highest BCUT2D eigenvalue weighted by Gasteiger charge is 2.22. The summed E-state index contributed by atoms with van der Waals surface area (Å²) in [5.41, 5.74) is -0.310. The number of rotatable bonds is 4. The van der Waals surface area contributed by atoms with Crippen molar-refractivity contribution in [3.05, 3.63) is 59.2 Å². The van der Waals surface area contributed by atoms with Crippen LogP contribution in [0, 0.1) is 11.6 Å². The first-order valence-electron chi connectivity index (χ1n) is 5.79. The SMILES string of the molecule is COc1ccc(F)cc1C(=O)c1c(F)cccc1OC. The summed E-state index contributed by atoms with van der Waals surface area (Å²) in [5.74, 6) is -1.79. The van der Waals surface area contributed by atoms with Gasteiger partial charge in [0, 0.05) is 0 Å². The minimum atomic E-state index is -0.735. The maximum Gasteiger partial charge on any atom is 0.203 e. The molecule has 0 aliphatic carbocycles. The van der Waals surface area contributed by atoms with Gasteiger partial charge in [0.05, 0.1) is 19.8 Å². The first-order chi connectivity index (χ1) is 9.58. The minimum absolute atomic E-state index is 0.0594. The lowest BCUT2D eigenvalue weighted by Gasteiger charge is -2.11. The zero-order valence-corrected chi connectivity index (χ0v) is 10.9. The van der Waals surface area contributed by atoms with E-state index >= 15 is 0 Å². The van der Waals surface area contributed by atoms with Gasteiger partial charge in [0.15, 0.2) is 0 Å². The Bertz CT molecular complexity index is 654. The van der Waals surface area contributed by atoms with Crippen molar-refractivity contribution in [1.29, 1.82) is 0 Å². The van der Waals surface area contributed by atoms with Crippen LogP contribution in [0.1, 0.15) is 15.9 Å². The van der Waals surface area contributed by atoms with E-state index in [1.807, 2.05) is 0 Å². The molecule has 0 saturated heterocycles. The van der Waals surface area contributed by atoms with Gasteiger partial charge in [-0.3, -0.25) is 4.79 Å². The highest BCUT2D eigenvalue weighted by molar-refractivity contribution is 6.12. The molecule has 0 aliphatic rings. The number of carbonyl (C=O) groups excluding carboxylic acids is 1. The largest absolute Gasteiger partial charge is 0.496 e. The lowest BCUT2D eigenvalue weighted by molar-refractivity contribution is 0.102. The van der Waals surface area contributed by atoms with Gasteiger partial charge in [-0.25, -0.2) is 8.78 Å². The van der Waals surface area contributed by atoms with Gasteiger partial charge >= 0.3 is 0 Å². The highest BCUT2D eigenvalue weighted by atomic mass is 19.1. The van der Waals surface area contributed by atoms with Crippen LogP contribution in [0.5, 0.6) is 11.5 Å². The fourth-order valence-electron chi connectivity index (χ4n) is 1.89. The van der Waals surface area contributed by atoms with Crippen LogP contribution in [0.3, 0.4) is 0 Å². The molecule has 0 spiro atoms. The Hall–Kier alpha value is -2.43. The summed E-state index contributed by atoms with van der Waals surface area (Å²) in [5, 5.41) is 0. The zero-order valence-electron chi connectivity index (χ0n) is 10.9. The third-order valence-corrected chi connectivity index (χ3v) is 2.83. The highest BCUT2D eigenvalue weighted by Crippen LogP contribution is 2.28. The molecule has 104 valence electrons. The molecule has 0 radical (unpaired) electrons. The molecule has 0 unspecified atom stereocenters. The molecule has 2 aromatic rings. The number of hydrogen-bond acceptors (Lipinski definition) is 3. The number of carbonyl (C=O) groups is 1. The molecule has 0 heterocycles. The van der Waals surface area contributed by atoms with Gasteiger partial charge in [-0.15, -0.1) is 0 Å². The molecule has 0 atom stereocenters. The standard InChI is InChI=1S/C15H12F2O3/c1-19-12-7-6-9(16)8-10(12)15(18)14-11(17)4-3-5-13(14)20-2/h3-8H,1-2H3. The lowest BCUT2D eigenvalue weighted by atomic mass is 10.0. The van der Waals surface area contributed by atoms with Crippen LogP contribution in [0.2, 0.25) is 0 Å². The van der Waals surface area contributed by atoms with Gasteiger partial charge in [0.2, 0.25) is 5.78 Å². The van der Waals surface area contributed by atoms with Crippen LogP contribution in [-0.4, -0.2) is 20.0 Å². The predicted octanol–water partition coefficient (Wildman–Crippen LogP) is 3.21. The Labute approximate surface area is 114 Å². The van der Waals surface area contributed by atoms with E-state index in [0.717, 1.165) is 18.2 Å². The van der Waals surface area contributed by atoms with Crippen molar-refractivity contribution >= 4 is 5.78 Å². The number of hydrogen-bond donors (Lipinski definition) is 0. The van der Waals surface area contributed by atoms with Crippen molar-refractivity contribution in [2.75, 3.05) is 14.2 Å². The quantitative estimate of drug-likeness (QED) is 0.806. The third kappa shape index (κ3) is 2.47. The fraction of sp³-hybridized carbons (Fsp3) is 0.133. The predicted molar refractivity (Wildman–Crippen MR) is 69.3 cm³/mol. The van der Waals surface area contributed by atoms with Crippen LogP contribution in [0.25, 0.3) is 0 Å². The van der Waals surface area contributed by atoms with Gasteiger partial charge < -0.3 is 9.47 Å². The average Bonchev–Trinajstić information content (AvgIpc) is 2.46. The lowest BCUT2D eigenvalue weighted by Crippen LogP contribution is -2.09. The van der Waals surface area contributed by atoms with E-state index < -0.39 is 17.4 Å². The molecule has 2 rings (SSSR count). The van der Waals surface area contributed by atoms with Gasteiger partial charge in [-0.05, 0) is 30.3 Å². The van der Waals surface area contributed by atoms with Crippen LogP contribution in [0.15, 0.2) is 36.4 Å². The molecular weight excluding hydrogens is 266 g/mol. The van der Waals surface area contributed by atoms with E-state index in [2.05, 4.69) is 0 Å². The zero-order chi connectivity index (χ0) is 14.7. The Balaban J connectivity index is 2.60. The van der Waals surface area contributed by atoms with Crippen molar-refractivity contribution in [3.63, 3.8) is 0 Å². The number of methoxy groups -OCH3 is 2. The Morgan fingerprint density at radius 3 is 2.35 bits per heavy atom. The summed E-state index contributed by atoms with van der Waals surface area (Å²) < 4.78 is 37.2. The maximum atomic E-state index is 13.9. The topological polar surface area (TPSA) is 35.5 Å². The monoisotopic (exact) mass is 278 g/mol.